The molecule has 0 atom stereocenters. The molecule has 3 nitrogen and oxygen atoms in total. The van der Waals surface area contributed by atoms with Crippen LogP contribution in [-0.4, -0.2) is 30.4 Å². The fourth-order valence-electron chi connectivity index (χ4n) is 2.28. The molecule has 2 N–H and O–H groups in total. The van der Waals surface area contributed by atoms with E-state index in [-0.39, 0.29) is 18.3 Å². The lowest BCUT2D eigenvalue weighted by Crippen LogP contribution is -2.36. The van der Waals surface area contributed by atoms with E-state index in [1.54, 1.807) is 0 Å². The van der Waals surface area contributed by atoms with Gasteiger partial charge < -0.3 is 10.6 Å². The molecule has 0 heterocycles. The van der Waals surface area contributed by atoms with Crippen LogP contribution in [0.4, 0.5) is 0 Å². The van der Waals surface area contributed by atoms with Crippen molar-refractivity contribution in [1.29, 1.82) is 0 Å². The van der Waals surface area contributed by atoms with E-state index in [2.05, 4.69) is 0 Å². The monoisotopic (exact) mass is 248 g/mol. The molecule has 1 saturated carbocycles. The van der Waals surface area contributed by atoms with Crippen LogP contribution in [0.2, 0.25) is 0 Å². The second-order valence-corrected chi connectivity index (χ2v) is 4.54. The Kier molecular flexibility index (Phi) is 8.67. The quantitative estimate of drug-likeness (QED) is 0.777. The van der Waals surface area contributed by atoms with Crippen LogP contribution < -0.4 is 5.73 Å². The van der Waals surface area contributed by atoms with Crippen molar-refractivity contribution >= 4 is 18.3 Å². The maximum Gasteiger partial charge on any atom is 0.222 e. The van der Waals surface area contributed by atoms with E-state index < -0.39 is 0 Å². The predicted octanol–water partition coefficient (Wildman–Crippen LogP) is 2.33. The molecule has 0 radical (unpaired) electrons. The minimum absolute atomic E-state index is 0. The third-order valence-corrected chi connectivity index (χ3v) is 3.36. The average molecular weight is 249 g/mol. The molecule has 0 unspecified atom stereocenters. The van der Waals surface area contributed by atoms with Crippen molar-refractivity contribution in [2.24, 2.45) is 5.73 Å². The first-order chi connectivity index (χ1) is 7.25. The van der Waals surface area contributed by atoms with E-state index in [1.807, 2.05) is 11.9 Å². The van der Waals surface area contributed by atoms with Gasteiger partial charge in [-0.15, -0.1) is 12.4 Å². The van der Waals surface area contributed by atoms with E-state index >= 15 is 0 Å². The zero-order valence-electron chi connectivity index (χ0n) is 10.3. The van der Waals surface area contributed by atoms with Gasteiger partial charge in [0.05, 0.1) is 0 Å². The van der Waals surface area contributed by atoms with Crippen LogP contribution in [0.25, 0.3) is 0 Å². The van der Waals surface area contributed by atoms with Gasteiger partial charge in [-0.3, -0.25) is 4.79 Å². The number of rotatable bonds is 4. The lowest BCUT2D eigenvalue weighted by atomic mass is 10.1. The number of amides is 1. The summed E-state index contributed by atoms with van der Waals surface area (Å²) in [5, 5.41) is 0. The molecule has 1 fully saturated rings. The van der Waals surface area contributed by atoms with Gasteiger partial charge >= 0.3 is 0 Å². The fraction of sp³-hybridized carbons (Fsp3) is 0.917. The maximum atomic E-state index is 11.8. The second kappa shape index (κ2) is 8.82. The Morgan fingerprint density at radius 1 is 1.25 bits per heavy atom. The molecule has 1 aliphatic carbocycles. The first-order valence-electron chi connectivity index (χ1n) is 6.21. The molecule has 1 aliphatic rings. The normalized spacial score (nSPS) is 17.4. The summed E-state index contributed by atoms with van der Waals surface area (Å²) in [6.07, 6.45) is 9.02. The van der Waals surface area contributed by atoms with Gasteiger partial charge in [0.2, 0.25) is 5.91 Å². The predicted molar refractivity (Wildman–Crippen MR) is 69.8 cm³/mol. The SMILES string of the molecule is CN(C(=O)CCCN)C1CCCCCC1.Cl. The fourth-order valence-corrected chi connectivity index (χ4v) is 2.28. The number of carbonyl (C=O) groups excluding carboxylic acids is 1. The van der Waals surface area contributed by atoms with Crippen LogP contribution in [0.15, 0.2) is 0 Å². The second-order valence-electron chi connectivity index (χ2n) is 4.54. The summed E-state index contributed by atoms with van der Waals surface area (Å²) < 4.78 is 0. The highest BCUT2D eigenvalue weighted by Crippen LogP contribution is 2.21. The Hall–Kier alpha value is -0.280. The summed E-state index contributed by atoms with van der Waals surface area (Å²) in [5.41, 5.74) is 5.41. The molecule has 0 aromatic heterocycles. The molecule has 1 amide bonds. The van der Waals surface area contributed by atoms with Gasteiger partial charge in [-0.1, -0.05) is 25.7 Å². The first-order valence-corrected chi connectivity index (χ1v) is 6.21. The molecular weight excluding hydrogens is 224 g/mol. The molecule has 4 heteroatoms. The van der Waals surface area contributed by atoms with Gasteiger partial charge in [0, 0.05) is 19.5 Å². The van der Waals surface area contributed by atoms with Crippen LogP contribution in [0.1, 0.15) is 51.4 Å². The molecule has 16 heavy (non-hydrogen) atoms. The van der Waals surface area contributed by atoms with Crippen molar-refractivity contribution in [1.82, 2.24) is 4.90 Å². The Balaban J connectivity index is 0.00000225. The van der Waals surface area contributed by atoms with Crippen molar-refractivity contribution in [2.75, 3.05) is 13.6 Å². The smallest absolute Gasteiger partial charge is 0.222 e. The summed E-state index contributed by atoms with van der Waals surface area (Å²) in [4.78, 5) is 13.7. The van der Waals surface area contributed by atoms with Gasteiger partial charge in [-0.2, -0.15) is 0 Å². The molecule has 0 aromatic rings. The number of hydrogen-bond acceptors (Lipinski definition) is 2. The van der Waals surface area contributed by atoms with E-state index in [1.165, 1.54) is 38.5 Å². The molecule has 0 aliphatic heterocycles. The number of halogens is 1. The number of nitrogens with zero attached hydrogens (tertiary/aromatic N) is 1. The van der Waals surface area contributed by atoms with Crippen molar-refractivity contribution in [2.45, 2.75) is 57.4 Å². The number of hydrogen-bond donors (Lipinski definition) is 1. The Morgan fingerprint density at radius 2 is 1.81 bits per heavy atom. The van der Waals surface area contributed by atoms with Crippen LogP contribution >= 0.6 is 12.4 Å². The highest BCUT2D eigenvalue weighted by molar-refractivity contribution is 5.85. The van der Waals surface area contributed by atoms with Crippen molar-refractivity contribution in [3.05, 3.63) is 0 Å². The Morgan fingerprint density at radius 3 is 2.31 bits per heavy atom. The molecule has 0 saturated heterocycles. The van der Waals surface area contributed by atoms with Gasteiger partial charge in [0.15, 0.2) is 0 Å². The van der Waals surface area contributed by atoms with Crippen LogP contribution in [0.3, 0.4) is 0 Å². The van der Waals surface area contributed by atoms with Gasteiger partial charge in [-0.25, -0.2) is 0 Å². The largest absolute Gasteiger partial charge is 0.343 e. The number of carbonyl (C=O) groups is 1. The summed E-state index contributed by atoms with van der Waals surface area (Å²) in [6, 6.07) is 0.484. The van der Waals surface area contributed by atoms with Gasteiger partial charge in [-0.05, 0) is 25.8 Å². The van der Waals surface area contributed by atoms with Crippen molar-refractivity contribution < 1.29 is 4.79 Å². The highest BCUT2D eigenvalue weighted by Gasteiger charge is 2.20. The summed E-state index contributed by atoms with van der Waals surface area (Å²) in [6.45, 7) is 0.615. The third-order valence-electron chi connectivity index (χ3n) is 3.36. The molecule has 0 spiro atoms. The van der Waals surface area contributed by atoms with Crippen LogP contribution in [0.5, 0.6) is 0 Å². The third kappa shape index (κ3) is 5.17. The van der Waals surface area contributed by atoms with Crippen LogP contribution in [-0.2, 0) is 4.79 Å². The molecule has 0 aromatic carbocycles. The standard InChI is InChI=1S/C12H24N2O.ClH/c1-14(12(15)9-6-10-13)11-7-4-2-3-5-8-11;/h11H,2-10,13H2,1H3;1H. The zero-order valence-corrected chi connectivity index (χ0v) is 11.1. The van der Waals surface area contributed by atoms with E-state index in [0.717, 1.165) is 6.42 Å². The van der Waals surface area contributed by atoms with Crippen molar-refractivity contribution in [3.8, 4) is 0 Å². The van der Waals surface area contributed by atoms with Crippen LogP contribution in [0, 0.1) is 0 Å². The summed E-state index contributed by atoms with van der Waals surface area (Å²) >= 11 is 0. The lowest BCUT2D eigenvalue weighted by molar-refractivity contribution is -0.132. The number of nitrogens with two attached hydrogens (primary N) is 1. The Bertz CT molecular complexity index is 191. The first kappa shape index (κ1) is 15.7. The summed E-state index contributed by atoms with van der Waals surface area (Å²) in [5.74, 6) is 0.271. The van der Waals surface area contributed by atoms with Gasteiger partial charge in [0.1, 0.15) is 0 Å². The lowest BCUT2D eigenvalue weighted by Gasteiger charge is -2.27. The topological polar surface area (TPSA) is 46.3 Å². The Labute approximate surface area is 105 Å². The zero-order chi connectivity index (χ0) is 11.1. The molecule has 0 bridgehead atoms. The minimum Gasteiger partial charge on any atom is -0.343 e. The highest BCUT2D eigenvalue weighted by atomic mass is 35.5. The van der Waals surface area contributed by atoms with E-state index in [0.29, 0.717) is 19.0 Å². The minimum atomic E-state index is 0. The molecule has 1 rings (SSSR count). The van der Waals surface area contributed by atoms with E-state index in [9.17, 15) is 4.79 Å². The van der Waals surface area contributed by atoms with E-state index in [4.69, 9.17) is 5.73 Å². The molecular formula is C12H25ClN2O. The average Bonchev–Trinajstić information content (AvgIpc) is 2.53. The maximum absolute atomic E-state index is 11.8. The van der Waals surface area contributed by atoms with Crippen molar-refractivity contribution in [3.63, 3.8) is 0 Å². The molecule has 96 valence electrons. The summed E-state index contributed by atoms with van der Waals surface area (Å²) in [7, 11) is 1.95. The van der Waals surface area contributed by atoms with Gasteiger partial charge in [0.25, 0.3) is 0 Å².